The van der Waals surface area contributed by atoms with Crippen LogP contribution in [0.5, 0.6) is 0 Å². The Labute approximate surface area is 209 Å². The zero-order chi connectivity index (χ0) is 23.8. The van der Waals surface area contributed by atoms with Gasteiger partial charge in [-0.25, -0.2) is 9.78 Å². The van der Waals surface area contributed by atoms with Crippen molar-refractivity contribution in [3.05, 3.63) is 93.1 Å². The number of aryl methyl sites for hydroxylation is 2. The van der Waals surface area contributed by atoms with Crippen molar-refractivity contribution in [2.24, 2.45) is 0 Å². The molecule has 1 atom stereocenters. The summed E-state index contributed by atoms with van der Waals surface area (Å²) in [6, 6.07) is 18.1. The van der Waals surface area contributed by atoms with Crippen molar-refractivity contribution in [1.82, 2.24) is 10.3 Å². The molecule has 0 aliphatic carbocycles. The van der Waals surface area contributed by atoms with Crippen LogP contribution >= 0.6 is 35.4 Å². The summed E-state index contributed by atoms with van der Waals surface area (Å²) in [5.41, 5.74) is 3.59. The lowest BCUT2D eigenvalue weighted by Gasteiger charge is -2.18. The van der Waals surface area contributed by atoms with Crippen LogP contribution in [0.3, 0.4) is 0 Å². The predicted octanol–water partition coefficient (Wildman–Crippen LogP) is 5.57. The number of nitrogens with one attached hydrogen (secondary N) is 2. The van der Waals surface area contributed by atoms with Gasteiger partial charge in [0.1, 0.15) is 16.8 Å². The predicted molar refractivity (Wildman–Crippen MR) is 139 cm³/mol. The molecule has 1 heterocycles. The van der Waals surface area contributed by atoms with Gasteiger partial charge in [0.2, 0.25) is 0 Å². The minimum absolute atomic E-state index is 0.213. The van der Waals surface area contributed by atoms with Crippen molar-refractivity contribution in [3.8, 4) is 0 Å². The minimum Gasteiger partial charge on any atom is -0.480 e. The molecule has 0 spiro atoms. The topological polar surface area (TPSA) is 74.2 Å². The molecule has 8 heteroatoms. The SMILES string of the molecule is CNc1cccc(CCCc2ccc(CC(NC(=S)c3c(Cl)cccc3Cl)C(=O)O)cc2)n1. The molecule has 172 valence electrons. The first-order chi connectivity index (χ1) is 15.9. The number of hydrogen-bond donors (Lipinski definition) is 3. The zero-order valence-corrected chi connectivity index (χ0v) is 20.5. The van der Waals surface area contributed by atoms with E-state index in [-0.39, 0.29) is 11.4 Å². The Kier molecular flexibility index (Phi) is 9.06. The van der Waals surface area contributed by atoms with E-state index < -0.39 is 12.0 Å². The Balaban J connectivity index is 1.57. The van der Waals surface area contributed by atoms with Gasteiger partial charge in [-0.15, -0.1) is 0 Å². The number of pyridine rings is 1. The lowest BCUT2D eigenvalue weighted by molar-refractivity contribution is -0.139. The monoisotopic (exact) mass is 501 g/mol. The fourth-order valence-corrected chi connectivity index (χ4v) is 4.52. The number of carboxylic acid groups (broad SMARTS) is 1. The number of anilines is 1. The van der Waals surface area contributed by atoms with E-state index in [1.807, 2.05) is 49.5 Å². The largest absolute Gasteiger partial charge is 0.480 e. The molecule has 2 aromatic carbocycles. The Morgan fingerprint density at radius 1 is 1.00 bits per heavy atom. The Morgan fingerprint density at radius 3 is 2.27 bits per heavy atom. The first-order valence-electron chi connectivity index (χ1n) is 10.6. The van der Waals surface area contributed by atoms with Crippen LogP contribution in [0.1, 0.15) is 28.8 Å². The van der Waals surface area contributed by atoms with E-state index in [4.69, 9.17) is 35.4 Å². The fraction of sp³-hybridized carbons (Fsp3) is 0.240. The number of thiocarbonyl (C=S) groups is 1. The molecule has 0 radical (unpaired) electrons. The van der Waals surface area contributed by atoms with Crippen LogP contribution in [0.25, 0.3) is 0 Å². The van der Waals surface area contributed by atoms with Crippen LogP contribution in [-0.4, -0.2) is 34.1 Å². The van der Waals surface area contributed by atoms with Gasteiger partial charge >= 0.3 is 5.97 Å². The Hall–Kier alpha value is -2.67. The highest BCUT2D eigenvalue weighted by Gasteiger charge is 2.21. The van der Waals surface area contributed by atoms with E-state index >= 15 is 0 Å². The maximum atomic E-state index is 11.8. The minimum atomic E-state index is -0.999. The summed E-state index contributed by atoms with van der Waals surface area (Å²) in [5.74, 6) is -0.129. The van der Waals surface area contributed by atoms with Crippen LogP contribution in [-0.2, 0) is 24.1 Å². The zero-order valence-electron chi connectivity index (χ0n) is 18.1. The molecule has 0 saturated carbocycles. The molecule has 3 aromatic rings. The second kappa shape index (κ2) is 12.0. The van der Waals surface area contributed by atoms with E-state index in [1.165, 1.54) is 5.56 Å². The fourth-order valence-electron chi connectivity index (χ4n) is 3.45. The molecule has 3 N–H and O–H groups in total. The number of halogens is 2. The quantitative estimate of drug-likeness (QED) is 0.315. The number of carboxylic acids is 1. The summed E-state index contributed by atoms with van der Waals surface area (Å²) in [6.07, 6.45) is 3.07. The summed E-state index contributed by atoms with van der Waals surface area (Å²) in [6.45, 7) is 0. The Bertz CT molecular complexity index is 1100. The maximum absolute atomic E-state index is 11.8. The molecule has 5 nitrogen and oxygen atoms in total. The van der Waals surface area contributed by atoms with Crippen LogP contribution in [0, 0.1) is 0 Å². The molecule has 3 rings (SSSR count). The van der Waals surface area contributed by atoms with Crippen molar-refractivity contribution in [3.63, 3.8) is 0 Å². The molecule has 0 fully saturated rings. The molecular weight excluding hydrogens is 477 g/mol. The van der Waals surface area contributed by atoms with Crippen LogP contribution < -0.4 is 10.6 Å². The molecule has 0 aliphatic heterocycles. The smallest absolute Gasteiger partial charge is 0.326 e. The molecule has 0 aliphatic rings. The molecule has 1 aromatic heterocycles. The van der Waals surface area contributed by atoms with E-state index in [0.717, 1.165) is 36.3 Å². The van der Waals surface area contributed by atoms with Crippen LogP contribution in [0.2, 0.25) is 10.0 Å². The van der Waals surface area contributed by atoms with E-state index in [9.17, 15) is 9.90 Å². The summed E-state index contributed by atoms with van der Waals surface area (Å²) < 4.78 is 0. The average Bonchev–Trinajstić information content (AvgIpc) is 2.79. The van der Waals surface area contributed by atoms with E-state index in [0.29, 0.717) is 15.6 Å². The van der Waals surface area contributed by atoms with Gasteiger partial charge in [0.05, 0.1) is 10.0 Å². The summed E-state index contributed by atoms with van der Waals surface area (Å²) in [4.78, 5) is 16.6. The summed E-state index contributed by atoms with van der Waals surface area (Å²) in [5, 5.41) is 16.4. The molecule has 0 amide bonds. The maximum Gasteiger partial charge on any atom is 0.326 e. The number of benzene rings is 2. The highest BCUT2D eigenvalue weighted by atomic mass is 35.5. The lowest BCUT2D eigenvalue weighted by Crippen LogP contribution is -2.42. The van der Waals surface area contributed by atoms with Gasteiger partial charge in [0.25, 0.3) is 0 Å². The van der Waals surface area contributed by atoms with Crippen molar-refractivity contribution < 1.29 is 9.90 Å². The van der Waals surface area contributed by atoms with Gasteiger partial charge in [-0.1, -0.05) is 71.8 Å². The van der Waals surface area contributed by atoms with Gasteiger partial charge in [0.15, 0.2) is 0 Å². The Morgan fingerprint density at radius 2 is 1.64 bits per heavy atom. The third-order valence-electron chi connectivity index (χ3n) is 5.22. The second-order valence-corrected chi connectivity index (χ2v) is 8.82. The number of carbonyl (C=O) groups is 1. The van der Waals surface area contributed by atoms with Gasteiger partial charge in [-0.3, -0.25) is 0 Å². The van der Waals surface area contributed by atoms with Gasteiger partial charge < -0.3 is 15.7 Å². The lowest BCUT2D eigenvalue weighted by atomic mass is 10.0. The number of hydrogen-bond acceptors (Lipinski definition) is 4. The molecule has 1 unspecified atom stereocenters. The van der Waals surface area contributed by atoms with Gasteiger partial charge in [0, 0.05) is 24.7 Å². The van der Waals surface area contributed by atoms with Crippen molar-refractivity contribution >= 4 is 52.2 Å². The first-order valence-corrected chi connectivity index (χ1v) is 11.7. The van der Waals surface area contributed by atoms with E-state index in [2.05, 4.69) is 15.6 Å². The van der Waals surface area contributed by atoms with Crippen LogP contribution in [0.4, 0.5) is 5.82 Å². The third kappa shape index (κ3) is 7.16. The third-order valence-corrected chi connectivity index (χ3v) is 6.17. The van der Waals surface area contributed by atoms with Crippen molar-refractivity contribution in [2.45, 2.75) is 31.7 Å². The summed E-state index contributed by atoms with van der Waals surface area (Å²) in [7, 11) is 1.86. The molecule has 0 bridgehead atoms. The normalized spacial score (nSPS) is 11.6. The van der Waals surface area contributed by atoms with Crippen molar-refractivity contribution in [2.75, 3.05) is 12.4 Å². The number of nitrogens with zero attached hydrogens (tertiary/aromatic N) is 1. The van der Waals surface area contributed by atoms with Crippen LogP contribution in [0.15, 0.2) is 60.7 Å². The van der Waals surface area contributed by atoms with Crippen molar-refractivity contribution in [1.29, 1.82) is 0 Å². The van der Waals surface area contributed by atoms with Gasteiger partial charge in [-0.2, -0.15) is 0 Å². The van der Waals surface area contributed by atoms with E-state index in [1.54, 1.807) is 18.2 Å². The highest BCUT2D eigenvalue weighted by molar-refractivity contribution is 7.80. The molecule has 0 saturated heterocycles. The number of aliphatic carboxylic acids is 1. The standard InChI is InChI=1S/C25H25Cl2N3O2S/c1-28-22-10-3-7-18(29-22)6-2-5-16-11-13-17(14-12-16)15-21(25(31)32)30-24(33)23-19(26)8-4-9-20(23)27/h3-4,7-14,21H,2,5-6,15H2,1H3,(H,28,29)(H,30,33)(H,31,32). The first kappa shape index (κ1) is 25.0. The second-order valence-electron chi connectivity index (χ2n) is 7.60. The molecular formula is C25H25Cl2N3O2S. The number of rotatable bonds is 10. The average molecular weight is 502 g/mol. The van der Waals surface area contributed by atoms with Gasteiger partial charge in [-0.05, 0) is 54.7 Å². The highest BCUT2D eigenvalue weighted by Crippen LogP contribution is 2.25. The number of aromatic nitrogens is 1. The summed E-state index contributed by atoms with van der Waals surface area (Å²) >= 11 is 17.8. The molecule has 33 heavy (non-hydrogen) atoms.